The molecule has 2 N–H and O–H groups in total. The number of halogens is 1. The van der Waals surface area contributed by atoms with E-state index < -0.39 is 5.97 Å². The topological polar surface area (TPSA) is 84.3 Å². The van der Waals surface area contributed by atoms with Crippen molar-refractivity contribution in [2.75, 3.05) is 18.5 Å². The number of hydrogen-bond donors (Lipinski definition) is 2. The van der Waals surface area contributed by atoms with Crippen molar-refractivity contribution < 1.29 is 19.0 Å². The number of carboxylic acid groups (broad SMARTS) is 1. The highest BCUT2D eigenvalue weighted by molar-refractivity contribution is 7.22. The van der Waals surface area contributed by atoms with Crippen molar-refractivity contribution in [1.82, 2.24) is 10.2 Å². The third kappa shape index (κ3) is 3.25. The number of ether oxygens (including phenoxy) is 1. The molecule has 3 heterocycles. The summed E-state index contributed by atoms with van der Waals surface area (Å²) in [6, 6.07) is 8.16. The lowest BCUT2D eigenvalue weighted by Crippen LogP contribution is -2.30. The number of thiophene rings is 1. The summed E-state index contributed by atoms with van der Waals surface area (Å²) in [5, 5.41) is 21.4. The minimum absolute atomic E-state index is 0.0990. The smallest absolute Gasteiger partial charge is 0.357 e. The van der Waals surface area contributed by atoms with E-state index in [-0.39, 0.29) is 17.6 Å². The first-order valence-electron chi connectivity index (χ1n) is 8.25. The second-order valence-electron chi connectivity index (χ2n) is 6.12. The van der Waals surface area contributed by atoms with Gasteiger partial charge in [-0.3, -0.25) is 0 Å². The van der Waals surface area contributed by atoms with Gasteiger partial charge in [-0.05, 0) is 36.6 Å². The molecule has 1 saturated heterocycles. The maximum absolute atomic E-state index is 13.6. The first-order valence-corrected chi connectivity index (χ1v) is 9.07. The van der Waals surface area contributed by atoms with Crippen LogP contribution in [0.1, 0.15) is 23.3 Å². The van der Waals surface area contributed by atoms with Crippen molar-refractivity contribution in [3.8, 4) is 10.4 Å². The Bertz CT molecular complexity index is 969. The van der Waals surface area contributed by atoms with Crippen LogP contribution in [0.3, 0.4) is 0 Å². The lowest BCUT2D eigenvalue weighted by Gasteiger charge is -2.23. The summed E-state index contributed by atoms with van der Waals surface area (Å²) in [4.78, 5) is 12.3. The lowest BCUT2D eigenvalue weighted by molar-refractivity contribution is 0.0692. The second-order valence-corrected chi connectivity index (χ2v) is 7.18. The Hall–Kier alpha value is -2.58. The standard InChI is InChI=1S/C18H16FN3O3S/c19-11-4-1-3-10(7-11)14-8-13-16(26-14)15(18(23)24)21-22-17(13)20-12-5-2-6-25-9-12/h1,3-4,7-8,12H,2,5-6,9H2,(H,20,22)(H,23,24). The van der Waals surface area contributed by atoms with Gasteiger partial charge in [0, 0.05) is 16.9 Å². The van der Waals surface area contributed by atoms with Gasteiger partial charge in [0.1, 0.15) is 5.82 Å². The lowest BCUT2D eigenvalue weighted by atomic mass is 10.1. The van der Waals surface area contributed by atoms with Gasteiger partial charge in [-0.25, -0.2) is 9.18 Å². The van der Waals surface area contributed by atoms with Crippen LogP contribution in [0.15, 0.2) is 30.3 Å². The Kier molecular flexibility index (Phi) is 4.52. The SMILES string of the molecule is O=C(O)c1nnc(NC2CCCOC2)c2cc(-c3cccc(F)c3)sc12. The van der Waals surface area contributed by atoms with Crippen molar-refractivity contribution in [2.45, 2.75) is 18.9 Å². The molecule has 0 aliphatic carbocycles. The molecule has 4 rings (SSSR count). The van der Waals surface area contributed by atoms with Gasteiger partial charge in [0.05, 0.1) is 17.3 Å². The summed E-state index contributed by atoms with van der Waals surface area (Å²) < 4.78 is 19.6. The minimum atomic E-state index is -1.14. The number of carboxylic acids is 1. The summed E-state index contributed by atoms with van der Waals surface area (Å²) in [6.45, 7) is 1.32. The average molecular weight is 373 g/mol. The van der Waals surface area contributed by atoms with E-state index in [2.05, 4.69) is 15.5 Å². The second kappa shape index (κ2) is 6.97. The van der Waals surface area contributed by atoms with E-state index in [1.165, 1.54) is 23.5 Å². The highest BCUT2D eigenvalue weighted by Crippen LogP contribution is 2.38. The number of nitrogens with zero attached hydrogens (tertiary/aromatic N) is 2. The molecular formula is C18H16FN3O3S. The van der Waals surface area contributed by atoms with Gasteiger partial charge in [0.15, 0.2) is 11.5 Å². The van der Waals surface area contributed by atoms with Gasteiger partial charge in [0.25, 0.3) is 0 Å². The molecule has 1 unspecified atom stereocenters. The molecule has 0 radical (unpaired) electrons. The first kappa shape index (κ1) is 16.9. The molecule has 0 saturated carbocycles. The predicted octanol–water partition coefficient (Wildman–Crippen LogP) is 3.79. The highest BCUT2D eigenvalue weighted by Gasteiger charge is 2.21. The Morgan fingerprint density at radius 1 is 1.35 bits per heavy atom. The van der Waals surface area contributed by atoms with Crippen LogP contribution in [0.2, 0.25) is 0 Å². The van der Waals surface area contributed by atoms with Crippen LogP contribution in [0.25, 0.3) is 20.5 Å². The fourth-order valence-electron chi connectivity index (χ4n) is 3.02. The van der Waals surface area contributed by atoms with Crippen LogP contribution in [0, 0.1) is 5.82 Å². The van der Waals surface area contributed by atoms with Gasteiger partial charge >= 0.3 is 5.97 Å². The van der Waals surface area contributed by atoms with E-state index in [9.17, 15) is 14.3 Å². The molecule has 0 bridgehead atoms. The van der Waals surface area contributed by atoms with E-state index >= 15 is 0 Å². The summed E-state index contributed by atoms with van der Waals surface area (Å²) in [5.74, 6) is -0.950. The van der Waals surface area contributed by atoms with Crippen LogP contribution >= 0.6 is 11.3 Å². The Morgan fingerprint density at radius 2 is 2.23 bits per heavy atom. The van der Waals surface area contributed by atoms with Crippen LogP contribution in [-0.2, 0) is 4.74 Å². The zero-order chi connectivity index (χ0) is 18.1. The van der Waals surface area contributed by atoms with Gasteiger partial charge in [-0.1, -0.05) is 12.1 Å². The van der Waals surface area contributed by atoms with Gasteiger partial charge < -0.3 is 15.2 Å². The van der Waals surface area contributed by atoms with E-state index in [1.807, 2.05) is 6.07 Å². The van der Waals surface area contributed by atoms with Crippen molar-refractivity contribution in [2.24, 2.45) is 0 Å². The number of anilines is 1. The summed E-state index contributed by atoms with van der Waals surface area (Å²) in [5.41, 5.74) is 0.590. The number of aromatic carboxylic acids is 1. The maximum atomic E-state index is 13.6. The highest BCUT2D eigenvalue weighted by atomic mass is 32.1. The van der Waals surface area contributed by atoms with Crippen LogP contribution in [0.4, 0.5) is 10.2 Å². The van der Waals surface area contributed by atoms with Crippen molar-refractivity contribution in [1.29, 1.82) is 0 Å². The van der Waals surface area contributed by atoms with Crippen molar-refractivity contribution in [3.05, 3.63) is 41.8 Å². The molecule has 3 aromatic rings. The van der Waals surface area contributed by atoms with E-state index in [4.69, 9.17) is 4.74 Å². The third-order valence-corrected chi connectivity index (χ3v) is 5.46. The minimum Gasteiger partial charge on any atom is -0.476 e. The molecule has 1 aliphatic rings. The quantitative estimate of drug-likeness (QED) is 0.724. The molecule has 26 heavy (non-hydrogen) atoms. The van der Waals surface area contributed by atoms with Gasteiger partial charge in [-0.2, -0.15) is 0 Å². The normalized spacial score (nSPS) is 17.3. The maximum Gasteiger partial charge on any atom is 0.357 e. The zero-order valence-electron chi connectivity index (χ0n) is 13.7. The summed E-state index contributed by atoms with van der Waals surface area (Å²) >= 11 is 1.27. The predicted molar refractivity (Wildman–Crippen MR) is 97.2 cm³/mol. The zero-order valence-corrected chi connectivity index (χ0v) is 14.6. The van der Waals surface area contributed by atoms with E-state index in [1.54, 1.807) is 12.1 Å². The Morgan fingerprint density at radius 3 is 2.96 bits per heavy atom. The molecule has 2 aromatic heterocycles. The fourth-order valence-corrected chi connectivity index (χ4v) is 4.15. The molecule has 1 aromatic carbocycles. The van der Waals surface area contributed by atoms with Gasteiger partial charge in [0.2, 0.25) is 0 Å². The Balaban J connectivity index is 1.80. The number of benzene rings is 1. The first-order chi connectivity index (χ1) is 12.6. The van der Waals surface area contributed by atoms with Crippen LogP contribution in [-0.4, -0.2) is 40.5 Å². The molecule has 134 valence electrons. The molecular weight excluding hydrogens is 357 g/mol. The van der Waals surface area contributed by atoms with Crippen molar-refractivity contribution in [3.63, 3.8) is 0 Å². The van der Waals surface area contributed by atoms with Crippen molar-refractivity contribution >= 4 is 33.2 Å². The Labute approximate surface area is 152 Å². The van der Waals surface area contributed by atoms with E-state index in [0.717, 1.165) is 24.3 Å². The molecule has 1 atom stereocenters. The summed E-state index contributed by atoms with van der Waals surface area (Å²) in [6.07, 6.45) is 1.91. The fraction of sp³-hybridized carbons (Fsp3) is 0.278. The molecule has 1 fully saturated rings. The third-order valence-electron chi connectivity index (χ3n) is 4.27. The molecule has 0 spiro atoms. The largest absolute Gasteiger partial charge is 0.476 e. The molecule has 0 amide bonds. The number of carbonyl (C=O) groups is 1. The molecule has 1 aliphatic heterocycles. The van der Waals surface area contributed by atoms with Gasteiger partial charge in [-0.15, -0.1) is 21.5 Å². The van der Waals surface area contributed by atoms with Crippen LogP contribution in [0.5, 0.6) is 0 Å². The number of hydrogen-bond acceptors (Lipinski definition) is 6. The number of rotatable bonds is 4. The number of nitrogens with one attached hydrogen (secondary N) is 1. The van der Waals surface area contributed by atoms with E-state index in [0.29, 0.717) is 28.1 Å². The number of aromatic nitrogens is 2. The number of fused-ring (bicyclic) bond motifs is 1. The average Bonchev–Trinajstić information content (AvgIpc) is 3.08. The summed E-state index contributed by atoms with van der Waals surface area (Å²) in [7, 11) is 0. The monoisotopic (exact) mass is 373 g/mol. The van der Waals surface area contributed by atoms with Crippen LogP contribution < -0.4 is 5.32 Å². The molecule has 6 nitrogen and oxygen atoms in total. The molecule has 8 heteroatoms.